The normalized spacial score (nSPS) is 56.2. The highest BCUT2D eigenvalue weighted by molar-refractivity contribution is 5.24. The highest BCUT2D eigenvalue weighted by Crippen LogP contribution is 2.67. The Morgan fingerprint density at radius 2 is 1.81 bits per heavy atom. The van der Waals surface area contributed by atoms with Gasteiger partial charge in [-0.2, -0.15) is 0 Å². The molecular formula is C21H34. The number of hydrogen-bond donors (Lipinski definition) is 0. The van der Waals surface area contributed by atoms with Crippen LogP contribution >= 0.6 is 0 Å². The molecule has 118 valence electrons. The quantitative estimate of drug-likeness (QED) is 0.464. The van der Waals surface area contributed by atoms with Crippen LogP contribution in [0, 0.1) is 40.4 Å². The fourth-order valence-electron chi connectivity index (χ4n) is 7.36. The predicted molar refractivity (Wildman–Crippen MR) is 90.0 cm³/mol. The summed E-state index contributed by atoms with van der Waals surface area (Å²) in [6.45, 7) is 10.4. The van der Waals surface area contributed by atoms with Crippen LogP contribution in [0.2, 0.25) is 0 Å². The number of hydrogen-bond acceptors (Lipinski definition) is 0. The summed E-state index contributed by atoms with van der Waals surface area (Å²) in [5, 5.41) is 0. The van der Waals surface area contributed by atoms with E-state index in [9.17, 15) is 0 Å². The van der Waals surface area contributed by atoms with E-state index in [0.717, 1.165) is 29.6 Å². The van der Waals surface area contributed by atoms with E-state index < -0.39 is 0 Å². The smallest absolute Gasteiger partial charge is 0.00851 e. The number of rotatable bonds is 0. The maximum atomic E-state index is 2.65. The Morgan fingerprint density at radius 3 is 2.62 bits per heavy atom. The monoisotopic (exact) mass is 286 g/mol. The van der Waals surface area contributed by atoms with Gasteiger partial charge in [0.05, 0.1) is 0 Å². The first-order valence-electron chi connectivity index (χ1n) is 9.66. The van der Waals surface area contributed by atoms with Gasteiger partial charge in [-0.3, -0.25) is 0 Å². The summed E-state index contributed by atoms with van der Waals surface area (Å²) in [7, 11) is 0. The molecule has 3 saturated carbocycles. The Morgan fingerprint density at radius 1 is 1.00 bits per heavy atom. The molecule has 0 heteroatoms. The van der Waals surface area contributed by atoms with Gasteiger partial charge >= 0.3 is 0 Å². The average Bonchev–Trinajstić information content (AvgIpc) is 2.76. The minimum Gasteiger partial charge on any atom is -0.0848 e. The molecule has 4 aliphatic rings. The molecule has 0 aromatic rings. The van der Waals surface area contributed by atoms with Crippen molar-refractivity contribution in [3.8, 4) is 0 Å². The van der Waals surface area contributed by atoms with E-state index in [2.05, 4.69) is 33.8 Å². The van der Waals surface area contributed by atoms with Crippen LogP contribution in [0.3, 0.4) is 0 Å². The van der Waals surface area contributed by atoms with Crippen molar-refractivity contribution < 1.29 is 0 Å². The molecule has 0 unspecified atom stereocenters. The van der Waals surface area contributed by atoms with E-state index in [0.29, 0.717) is 10.8 Å². The molecule has 0 nitrogen and oxygen atoms in total. The summed E-state index contributed by atoms with van der Waals surface area (Å²) in [6, 6.07) is 0. The molecule has 0 saturated heterocycles. The first-order chi connectivity index (χ1) is 9.97. The maximum absolute atomic E-state index is 2.65. The highest BCUT2D eigenvalue weighted by atomic mass is 14.6. The summed E-state index contributed by atoms with van der Waals surface area (Å²) in [4.78, 5) is 0. The van der Waals surface area contributed by atoms with E-state index in [-0.39, 0.29) is 0 Å². The lowest BCUT2D eigenvalue weighted by atomic mass is 9.45. The van der Waals surface area contributed by atoms with Crippen LogP contribution in [-0.4, -0.2) is 0 Å². The van der Waals surface area contributed by atoms with Crippen LogP contribution in [0.1, 0.15) is 79.1 Å². The molecule has 0 aromatic heterocycles. The van der Waals surface area contributed by atoms with Crippen molar-refractivity contribution in [2.24, 2.45) is 40.4 Å². The van der Waals surface area contributed by atoms with Crippen molar-refractivity contribution in [3.05, 3.63) is 11.6 Å². The van der Waals surface area contributed by atoms with E-state index in [4.69, 9.17) is 0 Å². The van der Waals surface area contributed by atoms with Crippen LogP contribution in [-0.2, 0) is 0 Å². The highest BCUT2D eigenvalue weighted by Gasteiger charge is 2.59. The zero-order chi connectivity index (χ0) is 14.8. The molecule has 0 N–H and O–H groups in total. The van der Waals surface area contributed by atoms with Crippen molar-refractivity contribution in [1.82, 2.24) is 0 Å². The second-order valence-electron chi connectivity index (χ2n) is 9.53. The van der Waals surface area contributed by atoms with E-state index in [1.807, 2.05) is 5.57 Å². The second-order valence-corrected chi connectivity index (χ2v) is 9.53. The molecule has 0 bridgehead atoms. The zero-order valence-electron chi connectivity index (χ0n) is 14.6. The largest absolute Gasteiger partial charge is 0.0848 e. The molecule has 7 atom stereocenters. The van der Waals surface area contributed by atoms with Crippen LogP contribution in [0.15, 0.2) is 11.6 Å². The third-order valence-electron chi connectivity index (χ3n) is 8.85. The van der Waals surface area contributed by atoms with Crippen molar-refractivity contribution >= 4 is 0 Å². The Balaban J connectivity index is 1.73. The van der Waals surface area contributed by atoms with Crippen molar-refractivity contribution in [3.63, 3.8) is 0 Å². The molecule has 0 amide bonds. The van der Waals surface area contributed by atoms with Gasteiger partial charge in [-0.05, 0) is 91.8 Å². The molecule has 21 heavy (non-hydrogen) atoms. The fraction of sp³-hybridized carbons (Fsp3) is 0.905. The van der Waals surface area contributed by atoms with Gasteiger partial charge in [-0.25, -0.2) is 0 Å². The summed E-state index contributed by atoms with van der Waals surface area (Å²) < 4.78 is 0. The molecule has 0 aromatic carbocycles. The summed E-state index contributed by atoms with van der Waals surface area (Å²) >= 11 is 0. The van der Waals surface area contributed by atoms with Gasteiger partial charge in [0, 0.05) is 0 Å². The van der Waals surface area contributed by atoms with Crippen LogP contribution < -0.4 is 0 Å². The Hall–Kier alpha value is -0.260. The summed E-state index contributed by atoms with van der Waals surface area (Å²) in [6.07, 6.45) is 14.4. The predicted octanol–water partition coefficient (Wildman–Crippen LogP) is 6.22. The zero-order valence-corrected chi connectivity index (χ0v) is 14.6. The molecule has 0 aliphatic heterocycles. The van der Waals surface area contributed by atoms with E-state index >= 15 is 0 Å². The molecule has 4 rings (SSSR count). The van der Waals surface area contributed by atoms with Crippen molar-refractivity contribution in [2.45, 2.75) is 79.1 Å². The van der Waals surface area contributed by atoms with Crippen LogP contribution in [0.4, 0.5) is 0 Å². The minimum atomic E-state index is 0.572. The van der Waals surface area contributed by atoms with Crippen LogP contribution in [0.25, 0.3) is 0 Å². The lowest BCUT2D eigenvalue weighted by Crippen LogP contribution is -2.52. The van der Waals surface area contributed by atoms with Gasteiger partial charge in [-0.1, -0.05) is 39.3 Å². The molecule has 0 heterocycles. The van der Waals surface area contributed by atoms with Crippen LogP contribution in [0.5, 0.6) is 0 Å². The van der Waals surface area contributed by atoms with Gasteiger partial charge in [0.25, 0.3) is 0 Å². The lowest BCUT2D eigenvalue weighted by Gasteiger charge is -2.60. The minimum absolute atomic E-state index is 0.572. The Kier molecular flexibility index (Phi) is 3.15. The number of allylic oxidation sites excluding steroid dienone is 2. The van der Waals surface area contributed by atoms with Crippen molar-refractivity contribution in [1.29, 1.82) is 0 Å². The first kappa shape index (κ1) is 14.3. The second kappa shape index (κ2) is 4.62. The van der Waals surface area contributed by atoms with Gasteiger partial charge in [0.2, 0.25) is 0 Å². The van der Waals surface area contributed by atoms with Crippen molar-refractivity contribution in [2.75, 3.05) is 0 Å². The topological polar surface area (TPSA) is 0 Å². The fourth-order valence-corrected chi connectivity index (χ4v) is 7.36. The van der Waals surface area contributed by atoms with Gasteiger partial charge < -0.3 is 0 Å². The molecule has 0 spiro atoms. The molecule has 3 fully saturated rings. The number of fused-ring (bicyclic) bond motifs is 5. The third kappa shape index (κ3) is 1.80. The first-order valence-corrected chi connectivity index (χ1v) is 9.66. The van der Waals surface area contributed by atoms with Gasteiger partial charge in [0.1, 0.15) is 0 Å². The maximum Gasteiger partial charge on any atom is -0.00851 e. The molecular weight excluding hydrogens is 252 g/mol. The lowest BCUT2D eigenvalue weighted by molar-refractivity contribution is -0.0725. The average molecular weight is 287 g/mol. The molecule has 4 aliphatic carbocycles. The Labute approximate surface area is 131 Å². The van der Waals surface area contributed by atoms with Gasteiger partial charge in [0.15, 0.2) is 0 Å². The summed E-state index contributed by atoms with van der Waals surface area (Å²) in [5.41, 5.74) is 3.10. The summed E-state index contributed by atoms with van der Waals surface area (Å²) in [5.74, 6) is 4.95. The molecule has 0 radical (unpaired) electrons. The third-order valence-corrected chi connectivity index (χ3v) is 8.85. The van der Waals surface area contributed by atoms with E-state index in [1.54, 1.807) is 0 Å². The standard InChI is InChI=1S/C21H34/c1-14-13-16-7-5-6-11-21(16,4)18-10-12-20(3)15(2)8-9-17(20)19(14)18/h7,14-15,17-19H,5-6,8-13H2,1-4H3/t14-,15-,17+,18+,19+,20-,21+/m1/s1. The Bertz CT molecular complexity index is 461. The van der Waals surface area contributed by atoms with Gasteiger partial charge in [-0.15, -0.1) is 0 Å². The SMILES string of the molecule is C[C@@H]1CC2=CCCC[C@]2(C)[C@H]2CC[C@]3(C)[C@H](C)CC[C@H]3[C@H]12. The van der Waals surface area contributed by atoms with E-state index in [1.165, 1.54) is 51.4 Å².